The van der Waals surface area contributed by atoms with Crippen LogP contribution in [0.25, 0.3) is 0 Å². The monoisotopic (exact) mass is 450 g/mol. The number of cyclic esters (lactones) is 1. The van der Waals surface area contributed by atoms with Gasteiger partial charge < -0.3 is 4.74 Å². The highest BCUT2D eigenvalue weighted by atomic mass is 35.5. The summed E-state index contributed by atoms with van der Waals surface area (Å²) < 4.78 is 84.0. The smallest absolute Gasteiger partial charge is 0.416 e. The number of amides is 1. The van der Waals surface area contributed by atoms with Crippen LogP contribution in [0.4, 0.5) is 31.1 Å². The first-order valence-corrected chi connectivity index (χ1v) is 9.04. The third-order valence-corrected chi connectivity index (χ3v) is 5.03. The number of aromatic nitrogens is 1. The van der Waals surface area contributed by atoms with Crippen molar-refractivity contribution in [1.29, 1.82) is 0 Å². The molecule has 1 aromatic heterocycles. The van der Waals surface area contributed by atoms with Crippen LogP contribution in [0.1, 0.15) is 35.4 Å². The van der Waals surface area contributed by atoms with Crippen LogP contribution in [-0.4, -0.2) is 29.9 Å². The molecular formula is C18H14BClF6N2O2. The Morgan fingerprint density at radius 1 is 1.10 bits per heavy atom. The predicted octanol–water partition coefficient (Wildman–Crippen LogP) is 4.11. The first-order chi connectivity index (χ1) is 13.8. The molecule has 2 atom stereocenters. The minimum atomic E-state index is -5.00. The maximum Gasteiger partial charge on any atom is 0.416 e. The Morgan fingerprint density at radius 3 is 2.20 bits per heavy atom. The Hall–Kier alpha value is -2.43. The van der Waals surface area contributed by atoms with Gasteiger partial charge in [-0.15, -0.1) is 0 Å². The van der Waals surface area contributed by atoms with Gasteiger partial charge in [0.15, 0.2) is 0 Å². The number of benzene rings is 1. The molecule has 0 bridgehead atoms. The van der Waals surface area contributed by atoms with Crippen molar-refractivity contribution in [2.45, 2.75) is 38.0 Å². The zero-order valence-electron chi connectivity index (χ0n) is 15.6. The van der Waals surface area contributed by atoms with Gasteiger partial charge in [0.1, 0.15) is 19.1 Å². The normalized spacial score (nSPS) is 19.9. The van der Waals surface area contributed by atoms with E-state index in [0.29, 0.717) is 23.3 Å². The summed E-state index contributed by atoms with van der Waals surface area (Å²) in [5, 5.41) is 0.181. The zero-order valence-corrected chi connectivity index (χ0v) is 16.4. The highest BCUT2D eigenvalue weighted by Gasteiger charge is 2.43. The quantitative estimate of drug-likeness (QED) is 0.402. The first-order valence-electron chi connectivity index (χ1n) is 8.66. The summed E-state index contributed by atoms with van der Waals surface area (Å²) in [4.78, 5) is 17.6. The zero-order chi connectivity index (χ0) is 22.4. The van der Waals surface area contributed by atoms with E-state index < -0.39 is 47.3 Å². The SMILES string of the molecule is Bc1ccc(Cl)nc1CN1C(=O)O[C@H](c2cc(C(F)(F)F)cc(C(F)(F)F)c2)[C@@H]1C. The number of hydrogen-bond donors (Lipinski definition) is 0. The minimum Gasteiger partial charge on any atom is -0.439 e. The second-order valence-electron chi connectivity index (χ2n) is 6.91. The lowest BCUT2D eigenvalue weighted by Crippen LogP contribution is -2.34. The molecular weight excluding hydrogens is 436 g/mol. The van der Waals surface area contributed by atoms with E-state index in [9.17, 15) is 31.1 Å². The Bertz CT molecular complexity index is 950. The average molecular weight is 451 g/mol. The molecule has 30 heavy (non-hydrogen) atoms. The fraction of sp³-hybridized carbons (Fsp3) is 0.333. The first kappa shape index (κ1) is 22.3. The molecule has 0 saturated carbocycles. The van der Waals surface area contributed by atoms with Crippen molar-refractivity contribution in [2.75, 3.05) is 0 Å². The number of carbonyl (C=O) groups excluding carboxylic acids is 1. The van der Waals surface area contributed by atoms with Crippen molar-refractivity contribution in [2.24, 2.45) is 0 Å². The van der Waals surface area contributed by atoms with Crippen molar-refractivity contribution in [1.82, 2.24) is 9.88 Å². The molecule has 2 heterocycles. The Kier molecular flexibility index (Phi) is 5.70. The summed E-state index contributed by atoms with van der Waals surface area (Å²) in [7, 11) is 1.73. The van der Waals surface area contributed by atoms with Gasteiger partial charge in [0.05, 0.1) is 29.4 Å². The summed E-state index contributed by atoms with van der Waals surface area (Å²) >= 11 is 5.86. The summed E-state index contributed by atoms with van der Waals surface area (Å²) in [6, 6.07) is 3.54. The lowest BCUT2D eigenvalue weighted by atomic mass is 9.93. The molecule has 3 rings (SSSR count). The lowest BCUT2D eigenvalue weighted by Gasteiger charge is -2.22. The van der Waals surface area contributed by atoms with Crippen LogP contribution in [0, 0.1) is 0 Å². The largest absolute Gasteiger partial charge is 0.439 e. The van der Waals surface area contributed by atoms with E-state index in [1.807, 2.05) is 0 Å². The summed E-state index contributed by atoms with van der Waals surface area (Å²) in [5.41, 5.74) is -2.19. The third kappa shape index (κ3) is 4.50. The molecule has 4 nitrogen and oxygen atoms in total. The van der Waals surface area contributed by atoms with Gasteiger partial charge in [-0.25, -0.2) is 9.78 Å². The molecule has 1 aromatic carbocycles. The molecule has 0 unspecified atom stereocenters. The van der Waals surface area contributed by atoms with Crippen molar-refractivity contribution in [3.8, 4) is 0 Å². The average Bonchev–Trinajstić information content (AvgIpc) is 2.91. The number of ether oxygens (including phenoxy) is 1. The summed E-state index contributed by atoms with van der Waals surface area (Å²) in [6.45, 7) is 1.41. The van der Waals surface area contributed by atoms with Crippen molar-refractivity contribution >= 4 is 31.0 Å². The number of alkyl halides is 6. The molecule has 1 aliphatic rings. The standard InChI is InChI=1S/C18H14BClF6N2O2/c1-8-15(9-4-10(17(21,22)23)6-11(5-9)18(24,25)26)30-16(29)28(8)7-13-12(19)2-3-14(20)27-13/h2-6,8,15H,7,19H2,1H3/t8-,15-/m0/s1. The molecule has 1 saturated heterocycles. The number of nitrogens with zero attached hydrogens (tertiary/aromatic N) is 2. The number of rotatable bonds is 3. The number of carbonyl (C=O) groups is 1. The van der Waals surface area contributed by atoms with Gasteiger partial charge in [0.2, 0.25) is 0 Å². The highest BCUT2D eigenvalue weighted by molar-refractivity contribution is 6.34. The van der Waals surface area contributed by atoms with Crippen LogP contribution in [0.3, 0.4) is 0 Å². The van der Waals surface area contributed by atoms with E-state index in [-0.39, 0.29) is 17.8 Å². The van der Waals surface area contributed by atoms with Gasteiger partial charge in [-0.05, 0) is 36.8 Å². The van der Waals surface area contributed by atoms with Crippen LogP contribution in [0.2, 0.25) is 5.15 Å². The van der Waals surface area contributed by atoms with Crippen LogP contribution in [0.5, 0.6) is 0 Å². The van der Waals surface area contributed by atoms with E-state index in [2.05, 4.69) is 4.98 Å². The van der Waals surface area contributed by atoms with Crippen molar-refractivity contribution in [3.63, 3.8) is 0 Å². The Morgan fingerprint density at radius 2 is 1.67 bits per heavy atom. The molecule has 1 fully saturated rings. The molecule has 2 aromatic rings. The Labute approximate surface area is 173 Å². The highest BCUT2D eigenvalue weighted by Crippen LogP contribution is 2.40. The minimum absolute atomic E-state index is 0.0297. The number of hydrogen-bond acceptors (Lipinski definition) is 3. The topological polar surface area (TPSA) is 42.4 Å². The predicted molar refractivity (Wildman–Crippen MR) is 98.1 cm³/mol. The number of halogens is 7. The molecule has 1 amide bonds. The molecule has 1 aliphatic heterocycles. The maximum absolute atomic E-state index is 13.1. The van der Waals surface area contributed by atoms with Crippen LogP contribution >= 0.6 is 11.6 Å². The summed E-state index contributed by atoms with van der Waals surface area (Å²) in [6.07, 6.45) is -12.2. The van der Waals surface area contributed by atoms with Crippen LogP contribution < -0.4 is 5.46 Å². The van der Waals surface area contributed by atoms with E-state index in [4.69, 9.17) is 16.3 Å². The second-order valence-corrected chi connectivity index (χ2v) is 7.30. The lowest BCUT2D eigenvalue weighted by molar-refractivity contribution is -0.143. The Balaban J connectivity index is 1.97. The molecule has 0 aliphatic carbocycles. The molecule has 160 valence electrons. The molecule has 0 radical (unpaired) electrons. The van der Waals surface area contributed by atoms with E-state index in [0.717, 1.165) is 0 Å². The van der Waals surface area contributed by atoms with Crippen molar-refractivity contribution in [3.05, 3.63) is 57.9 Å². The molecule has 0 spiro atoms. The number of pyridine rings is 1. The molecule has 12 heteroatoms. The second kappa shape index (κ2) is 7.68. The molecule has 0 N–H and O–H groups in total. The van der Waals surface area contributed by atoms with E-state index in [1.54, 1.807) is 20.0 Å². The van der Waals surface area contributed by atoms with Gasteiger partial charge >= 0.3 is 18.4 Å². The van der Waals surface area contributed by atoms with Gasteiger partial charge in [-0.3, -0.25) is 4.90 Å². The van der Waals surface area contributed by atoms with Gasteiger partial charge in [-0.2, -0.15) is 26.3 Å². The van der Waals surface area contributed by atoms with E-state index >= 15 is 0 Å². The van der Waals surface area contributed by atoms with E-state index in [1.165, 1.54) is 11.8 Å². The van der Waals surface area contributed by atoms with Gasteiger partial charge in [0.25, 0.3) is 0 Å². The van der Waals surface area contributed by atoms with Gasteiger partial charge in [0, 0.05) is 0 Å². The third-order valence-electron chi connectivity index (χ3n) is 4.82. The fourth-order valence-electron chi connectivity index (χ4n) is 3.17. The summed E-state index contributed by atoms with van der Waals surface area (Å²) in [5.74, 6) is 0. The van der Waals surface area contributed by atoms with Gasteiger partial charge in [-0.1, -0.05) is 23.1 Å². The fourth-order valence-corrected chi connectivity index (χ4v) is 3.33. The van der Waals surface area contributed by atoms with Crippen LogP contribution in [0.15, 0.2) is 30.3 Å². The maximum atomic E-state index is 13.1. The van der Waals surface area contributed by atoms with Crippen LogP contribution in [-0.2, 0) is 23.6 Å². The van der Waals surface area contributed by atoms with Crippen molar-refractivity contribution < 1.29 is 35.9 Å².